The van der Waals surface area contributed by atoms with Crippen molar-refractivity contribution in [3.63, 3.8) is 0 Å². The van der Waals surface area contributed by atoms with E-state index in [0.717, 1.165) is 19.3 Å². The van der Waals surface area contributed by atoms with Crippen LogP contribution in [-0.4, -0.2) is 48.2 Å². The Labute approximate surface area is 135 Å². The number of rotatable bonds is 4. The summed E-state index contributed by atoms with van der Waals surface area (Å²) in [7, 11) is 0. The van der Waals surface area contributed by atoms with Gasteiger partial charge in [0.25, 0.3) is 0 Å². The summed E-state index contributed by atoms with van der Waals surface area (Å²) in [6.07, 6.45) is 4.38. The molecule has 2 aliphatic rings. The standard InChI is InChI=1S/C16H23FN4O2/c1-2-13-14(17)15(19-10-18-13)21-6-3-11(9-21)16(22)20-12-4-7-23-8-5-12/h10-12H,2-9H2,1H3,(H,20,22). The van der Waals surface area contributed by atoms with Gasteiger partial charge in [0.1, 0.15) is 6.33 Å². The number of ether oxygens (including phenoxy) is 1. The van der Waals surface area contributed by atoms with Gasteiger partial charge in [0.15, 0.2) is 11.6 Å². The molecule has 6 nitrogen and oxygen atoms in total. The second-order valence-corrected chi connectivity index (χ2v) is 6.14. The van der Waals surface area contributed by atoms with Crippen LogP contribution in [0.3, 0.4) is 0 Å². The van der Waals surface area contributed by atoms with Crippen LogP contribution in [-0.2, 0) is 16.0 Å². The molecule has 0 radical (unpaired) electrons. The maximum Gasteiger partial charge on any atom is 0.225 e. The molecular formula is C16H23FN4O2. The molecule has 2 saturated heterocycles. The van der Waals surface area contributed by atoms with Crippen molar-refractivity contribution in [1.29, 1.82) is 0 Å². The van der Waals surface area contributed by atoms with Gasteiger partial charge in [0, 0.05) is 32.3 Å². The van der Waals surface area contributed by atoms with Crippen LogP contribution in [0.2, 0.25) is 0 Å². The largest absolute Gasteiger partial charge is 0.381 e. The number of aromatic nitrogens is 2. The Morgan fingerprint density at radius 1 is 1.39 bits per heavy atom. The van der Waals surface area contributed by atoms with E-state index in [1.54, 1.807) is 0 Å². The lowest BCUT2D eigenvalue weighted by atomic mass is 10.1. The maximum atomic E-state index is 14.3. The molecule has 23 heavy (non-hydrogen) atoms. The molecule has 1 N–H and O–H groups in total. The molecule has 0 aromatic carbocycles. The number of halogens is 1. The Morgan fingerprint density at radius 3 is 2.91 bits per heavy atom. The second kappa shape index (κ2) is 7.21. The highest BCUT2D eigenvalue weighted by molar-refractivity contribution is 5.80. The number of hydrogen-bond acceptors (Lipinski definition) is 5. The lowest BCUT2D eigenvalue weighted by Crippen LogP contribution is -2.42. The quantitative estimate of drug-likeness (QED) is 0.905. The van der Waals surface area contributed by atoms with E-state index in [9.17, 15) is 9.18 Å². The smallest absolute Gasteiger partial charge is 0.225 e. The minimum Gasteiger partial charge on any atom is -0.381 e. The maximum absolute atomic E-state index is 14.3. The number of hydrogen-bond donors (Lipinski definition) is 1. The highest BCUT2D eigenvalue weighted by Gasteiger charge is 2.32. The molecule has 3 rings (SSSR count). The summed E-state index contributed by atoms with van der Waals surface area (Å²) >= 11 is 0. The lowest BCUT2D eigenvalue weighted by molar-refractivity contribution is -0.125. The molecule has 1 atom stereocenters. The molecule has 2 aliphatic heterocycles. The molecular weight excluding hydrogens is 299 g/mol. The van der Waals surface area contributed by atoms with E-state index in [1.807, 2.05) is 11.8 Å². The molecule has 2 fully saturated rings. The van der Waals surface area contributed by atoms with Gasteiger partial charge in [-0.25, -0.2) is 14.4 Å². The van der Waals surface area contributed by atoms with Crippen LogP contribution in [0, 0.1) is 11.7 Å². The first-order valence-corrected chi connectivity index (χ1v) is 8.31. The Hall–Kier alpha value is -1.76. The SMILES string of the molecule is CCc1ncnc(N2CCC(C(=O)NC3CCOCC3)C2)c1F. The van der Waals surface area contributed by atoms with Crippen molar-refractivity contribution in [3.05, 3.63) is 17.8 Å². The molecule has 1 aromatic rings. The topological polar surface area (TPSA) is 67.4 Å². The van der Waals surface area contributed by atoms with Gasteiger partial charge in [0.2, 0.25) is 5.91 Å². The van der Waals surface area contributed by atoms with E-state index in [4.69, 9.17) is 4.74 Å². The zero-order valence-electron chi connectivity index (χ0n) is 13.4. The van der Waals surface area contributed by atoms with Gasteiger partial charge in [-0.15, -0.1) is 0 Å². The van der Waals surface area contributed by atoms with Crippen LogP contribution in [0.1, 0.15) is 31.9 Å². The summed E-state index contributed by atoms with van der Waals surface area (Å²) in [5.41, 5.74) is 0.421. The molecule has 0 bridgehead atoms. The Kier molecular flexibility index (Phi) is 5.05. The van der Waals surface area contributed by atoms with Crippen molar-refractivity contribution < 1.29 is 13.9 Å². The fraction of sp³-hybridized carbons (Fsp3) is 0.688. The Balaban J connectivity index is 1.60. The minimum atomic E-state index is -0.361. The molecule has 0 saturated carbocycles. The number of anilines is 1. The van der Waals surface area contributed by atoms with Crippen LogP contribution >= 0.6 is 0 Å². The van der Waals surface area contributed by atoms with Crippen LogP contribution in [0.25, 0.3) is 0 Å². The first-order chi connectivity index (χ1) is 11.2. The van der Waals surface area contributed by atoms with Crippen molar-refractivity contribution in [2.75, 3.05) is 31.2 Å². The average molecular weight is 322 g/mol. The number of carbonyl (C=O) groups is 1. The van der Waals surface area contributed by atoms with Gasteiger partial charge >= 0.3 is 0 Å². The first-order valence-electron chi connectivity index (χ1n) is 8.31. The van der Waals surface area contributed by atoms with E-state index in [0.29, 0.717) is 44.2 Å². The summed E-state index contributed by atoms with van der Waals surface area (Å²) in [6, 6.07) is 0.202. The van der Waals surface area contributed by atoms with E-state index in [1.165, 1.54) is 6.33 Å². The van der Waals surface area contributed by atoms with Gasteiger partial charge in [-0.2, -0.15) is 0 Å². The predicted octanol–water partition coefficient (Wildman–Crippen LogP) is 1.30. The van der Waals surface area contributed by atoms with E-state index < -0.39 is 0 Å². The predicted molar refractivity (Wildman–Crippen MR) is 83.7 cm³/mol. The van der Waals surface area contributed by atoms with Gasteiger partial charge in [-0.1, -0.05) is 6.92 Å². The van der Waals surface area contributed by atoms with Crippen molar-refractivity contribution in [2.45, 2.75) is 38.6 Å². The third-order valence-corrected chi connectivity index (χ3v) is 4.60. The molecule has 0 spiro atoms. The van der Waals surface area contributed by atoms with E-state index in [2.05, 4.69) is 15.3 Å². The molecule has 0 aliphatic carbocycles. The molecule has 1 unspecified atom stereocenters. The number of aryl methyl sites for hydroxylation is 1. The second-order valence-electron chi connectivity index (χ2n) is 6.14. The molecule has 1 amide bonds. The van der Waals surface area contributed by atoms with Gasteiger partial charge in [0.05, 0.1) is 11.6 Å². The lowest BCUT2D eigenvalue weighted by Gasteiger charge is -2.24. The van der Waals surface area contributed by atoms with Crippen molar-refractivity contribution in [2.24, 2.45) is 5.92 Å². The monoisotopic (exact) mass is 322 g/mol. The van der Waals surface area contributed by atoms with Gasteiger partial charge in [-0.3, -0.25) is 4.79 Å². The number of carbonyl (C=O) groups excluding carboxylic acids is 1. The number of amides is 1. The summed E-state index contributed by atoms with van der Waals surface area (Å²) in [6.45, 7) is 4.42. The third-order valence-electron chi connectivity index (χ3n) is 4.60. The minimum absolute atomic E-state index is 0.0598. The number of nitrogens with zero attached hydrogens (tertiary/aromatic N) is 3. The molecule has 7 heteroatoms. The van der Waals surface area contributed by atoms with E-state index >= 15 is 0 Å². The molecule has 1 aromatic heterocycles. The zero-order chi connectivity index (χ0) is 16.2. The first kappa shape index (κ1) is 16.1. The van der Waals surface area contributed by atoms with Crippen molar-refractivity contribution in [1.82, 2.24) is 15.3 Å². The summed E-state index contributed by atoms with van der Waals surface area (Å²) in [5.74, 6) is -0.0967. The highest BCUT2D eigenvalue weighted by Crippen LogP contribution is 2.25. The van der Waals surface area contributed by atoms with Gasteiger partial charge in [-0.05, 0) is 25.7 Å². The summed E-state index contributed by atoms with van der Waals surface area (Å²) < 4.78 is 19.6. The number of nitrogens with one attached hydrogen (secondary N) is 1. The van der Waals surface area contributed by atoms with Crippen LogP contribution in [0.4, 0.5) is 10.2 Å². The van der Waals surface area contributed by atoms with Crippen LogP contribution < -0.4 is 10.2 Å². The molecule has 3 heterocycles. The van der Waals surface area contributed by atoms with Crippen molar-refractivity contribution >= 4 is 11.7 Å². The third kappa shape index (κ3) is 3.60. The van der Waals surface area contributed by atoms with E-state index in [-0.39, 0.29) is 23.7 Å². The normalized spacial score (nSPS) is 22.3. The highest BCUT2D eigenvalue weighted by atomic mass is 19.1. The average Bonchev–Trinajstić information content (AvgIpc) is 3.06. The van der Waals surface area contributed by atoms with Crippen LogP contribution in [0.5, 0.6) is 0 Å². The Bertz CT molecular complexity index is 563. The summed E-state index contributed by atoms with van der Waals surface area (Å²) in [5, 5.41) is 3.10. The fourth-order valence-electron chi connectivity index (χ4n) is 3.19. The molecule has 126 valence electrons. The van der Waals surface area contributed by atoms with Gasteiger partial charge < -0.3 is 15.0 Å². The van der Waals surface area contributed by atoms with Crippen molar-refractivity contribution in [3.8, 4) is 0 Å². The van der Waals surface area contributed by atoms with Crippen LogP contribution in [0.15, 0.2) is 6.33 Å². The fourth-order valence-corrected chi connectivity index (χ4v) is 3.19. The zero-order valence-corrected chi connectivity index (χ0v) is 13.4. The Morgan fingerprint density at radius 2 is 2.17 bits per heavy atom. The summed E-state index contributed by atoms with van der Waals surface area (Å²) in [4.78, 5) is 22.3.